The second-order valence-corrected chi connectivity index (χ2v) is 10.2. The molecule has 0 unspecified atom stereocenters. The van der Waals surface area contributed by atoms with Gasteiger partial charge in [-0.2, -0.15) is 4.31 Å². The SMILES string of the molecule is O=C(c1cccc(S(=O)(=O)N2CCCCCC2)c1)N(C1CCCC1)C1CC1. The summed E-state index contributed by atoms with van der Waals surface area (Å²) in [6.45, 7) is 1.16. The Morgan fingerprint density at radius 2 is 1.52 bits per heavy atom. The van der Waals surface area contributed by atoms with E-state index in [4.69, 9.17) is 0 Å². The fourth-order valence-corrected chi connectivity index (χ4v) is 6.10. The first-order valence-electron chi connectivity index (χ1n) is 10.5. The Morgan fingerprint density at radius 3 is 2.15 bits per heavy atom. The summed E-state index contributed by atoms with van der Waals surface area (Å²) in [6, 6.07) is 7.41. The highest BCUT2D eigenvalue weighted by Gasteiger charge is 2.39. The van der Waals surface area contributed by atoms with E-state index in [2.05, 4.69) is 4.90 Å². The van der Waals surface area contributed by atoms with Crippen molar-refractivity contribution >= 4 is 15.9 Å². The summed E-state index contributed by atoms with van der Waals surface area (Å²) in [7, 11) is -3.53. The van der Waals surface area contributed by atoms with Crippen LogP contribution in [-0.4, -0.2) is 48.7 Å². The molecule has 1 heterocycles. The summed E-state index contributed by atoms with van der Waals surface area (Å²) in [5, 5.41) is 0. The van der Waals surface area contributed by atoms with Gasteiger partial charge in [0.05, 0.1) is 4.90 Å². The van der Waals surface area contributed by atoms with Crippen LogP contribution in [0.2, 0.25) is 0 Å². The largest absolute Gasteiger partial charge is 0.333 e. The summed E-state index contributed by atoms with van der Waals surface area (Å²) < 4.78 is 27.8. The molecule has 5 nitrogen and oxygen atoms in total. The number of hydrogen-bond donors (Lipinski definition) is 0. The summed E-state index contributed by atoms with van der Waals surface area (Å²) in [6.07, 6.45) is 10.7. The third-order valence-electron chi connectivity index (χ3n) is 6.18. The van der Waals surface area contributed by atoms with Gasteiger partial charge in [-0.05, 0) is 56.7 Å². The van der Waals surface area contributed by atoms with E-state index in [-0.39, 0.29) is 10.8 Å². The molecule has 0 atom stereocenters. The van der Waals surface area contributed by atoms with Crippen LogP contribution in [-0.2, 0) is 10.0 Å². The molecule has 3 aliphatic rings. The van der Waals surface area contributed by atoms with Crippen molar-refractivity contribution in [3.05, 3.63) is 29.8 Å². The van der Waals surface area contributed by atoms with E-state index < -0.39 is 10.0 Å². The highest BCUT2D eigenvalue weighted by molar-refractivity contribution is 7.89. The van der Waals surface area contributed by atoms with Gasteiger partial charge in [-0.1, -0.05) is 31.7 Å². The van der Waals surface area contributed by atoms with Gasteiger partial charge >= 0.3 is 0 Å². The average molecular weight is 391 g/mol. The summed E-state index contributed by atoms with van der Waals surface area (Å²) in [5.41, 5.74) is 0.518. The lowest BCUT2D eigenvalue weighted by molar-refractivity contribution is 0.0664. The number of benzene rings is 1. The lowest BCUT2D eigenvalue weighted by Gasteiger charge is -2.29. The number of nitrogens with zero attached hydrogens (tertiary/aromatic N) is 2. The molecular formula is C21H30N2O3S. The zero-order valence-electron chi connectivity index (χ0n) is 16.0. The van der Waals surface area contributed by atoms with Crippen molar-refractivity contribution in [3.8, 4) is 0 Å². The molecule has 1 aromatic rings. The molecule has 0 aromatic heterocycles. The molecule has 3 fully saturated rings. The van der Waals surface area contributed by atoms with E-state index in [0.717, 1.165) is 51.4 Å². The minimum Gasteiger partial charge on any atom is -0.333 e. The first-order valence-corrected chi connectivity index (χ1v) is 11.9. The van der Waals surface area contributed by atoms with Gasteiger partial charge in [0.2, 0.25) is 10.0 Å². The summed E-state index contributed by atoms with van der Waals surface area (Å²) in [4.78, 5) is 15.6. The van der Waals surface area contributed by atoms with Crippen LogP contribution in [0.4, 0.5) is 0 Å². The van der Waals surface area contributed by atoms with Crippen LogP contribution in [0.3, 0.4) is 0 Å². The molecule has 1 amide bonds. The average Bonchev–Trinajstić information content (AvgIpc) is 3.43. The van der Waals surface area contributed by atoms with Crippen molar-refractivity contribution in [2.24, 2.45) is 0 Å². The number of rotatable bonds is 5. The number of sulfonamides is 1. The van der Waals surface area contributed by atoms with Gasteiger partial charge < -0.3 is 4.90 Å². The van der Waals surface area contributed by atoms with Crippen LogP contribution in [0, 0.1) is 0 Å². The molecule has 0 spiro atoms. The van der Waals surface area contributed by atoms with Crippen molar-refractivity contribution < 1.29 is 13.2 Å². The zero-order valence-corrected chi connectivity index (χ0v) is 16.8. The Morgan fingerprint density at radius 1 is 0.889 bits per heavy atom. The molecule has 148 valence electrons. The number of carbonyl (C=O) groups is 1. The second kappa shape index (κ2) is 7.92. The van der Waals surface area contributed by atoms with Crippen LogP contribution in [0.5, 0.6) is 0 Å². The Hall–Kier alpha value is -1.40. The minimum atomic E-state index is -3.53. The van der Waals surface area contributed by atoms with Crippen molar-refractivity contribution in [3.63, 3.8) is 0 Å². The van der Waals surface area contributed by atoms with Crippen molar-refractivity contribution in [2.75, 3.05) is 13.1 Å². The molecule has 0 bridgehead atoms. The lowest BCUT2D eigenvalue weighted by Crippen LogP contribution is -2.40. The van der Waals surface area contributed by atoms with Crippen LogP contribution in [0.25, 0.3) is 0 Å². The highest BCUT2D eigenvalue weighted by atomic mass is 32.2. The number of hydrogen-bond acceptors (Lipinski definition) is 3. The fraction of sp³-hybridized carbons (Fsp3) is 0.667. The van der Waals surface area contributed by atoms with Crippen molar-refractivity contribution in [2.45, 2.75) is 81.2 Å². The molecule has 1 saturated heterocycles. The topological polar surface area (TPSA) is 57.7 Å². The maximum atomic E-state index is 13.2. The molecule has 0 N–H and O–H groups in total. The lowest BCUT2D eigenvalue weighted by atomic mass is 10.1. The van der Waals surface area contributed by atoms with E-state index in [9.17, 15) is 13.2 Å². The normalized spacial score (nSPS) is 22.5. The standard InChI is InChI=1S/C21H30N2O3S/c24-21(23(19-12-13-19)18-9-3-4-10-18)17-8-7-11-20(16-17)27(25,26)22-14-5-1-2-6-15-22/h7-8,11,16,18-19H,1-6,9-10,12-15H2. The summed E-state index contributed by atoms with van der Waals surface area (Å²) >= 11 is 0. The van der Waals surface area contributed by atoms with Gasteiger partial charge in [-0.25, -0.2) is 8.42 Å². The maximum Gasteiger partial charge on any atom is 0.254 e. The van der Waals surface area contributed by atoms with Gasteiger partial charge in [0, 0.05) is 30.7 Å². The number of amides is 1. The van der Waals surface area contributed by atoms with Crippen LogP contribution < -0.4 is 0 Å². The second-order valence-electron chi connectivity index (χ2n) is 8.23. The van der Waals surface area contributed by atoms with Gasteiger partial charge in [-0.3, -0.25) is 4.79 Å². The third-order valence-corrected chi connectivity index (χ3v) is 8.07. The maximum absolute atomic E-state index is 13.2. The molecule has 4 rings (SSSR count). The van der Waals surface area contributed by atoms with E-state index in [0.29, 0.717) is 30.7 Å². The van der Waals surface area contributed by atoms with Gasteiger partial charge in [-0.15, -0.1) is 0 Å². The Kier molecular flexibility index (Phi) is 5.55. The molecule has 2 saturated carbocycles. The van der Waals surface area contributed by atoms with Crippen molar-refractivity contribution in [1.82, 2.24) is 9.21 Å². The molecule has 1 aliphatic heterocycles. The fourth-order valence-electron chi connectivity index (χ4n) is 4.53. The smallest absolute Gasteiger partial charge is 0.254 e. The molecule has 1 aromatic carbocycles. The predicted octanol–water partition coefficient (Wildman–Crippen LogP) is 3.80. The van der Waals surface area contributed by atoms with Gasteiger partial charge in [0.25, 0.3) is 5.91 Å². The zero-order chi connectivity index (χ0) is 18.9. The summed E-state index contributed by atoms with van der Waals surface area (Å²) in [5.74, 6) is 0.0114. The van der Waals surface area contributed by atoms with E-state index in [1.165, 1.54) is 12.8 Å². The molecule has 6 heteroatoms. The third kappa shape index (κ3) is 4.06. The molecule has 2 aliphatic carbocycles. The Labute approximate surface area is 162 Å². The van der Waals surface area contributed by atoms with Crippen molar-refractivity contribution in [1.29, 1.82) is 0 Å². The first kappa shape index (κ1) is 18.9. The van der Waals surface area contributed by atoms with E-state index in [1.54, 1.807) is 28.6 Å². The highest BCUT2D eigenvalue weighted by Crippen LogP contribution is 2.35. The Bertz CT molecular complexity index is 774. The molecule has 27 heavy (non-hydrogen) atoms. The van der Waals surface area contributed by atoms with Crippen LogP contribution in [0.1, 0.15) is 74.6 Å². The number of carbonyl (C=O) groups excluding carboxylic acids is 1. The van der Waals surface area contributed by atoms with Crippen LogP contribution >= 0.6 is 0 Å². The molecule has 0 radical (unpaired) electrons. The monoisotopic (exact) mass is 390 g/mol. The van der Waals surface area contributed by atoms with Gasteiger partial charge in [0.15, 0.2) is 0 Å². The van der Waals surface area contributed by atoms with Crippen LogP contribution in [0.15, 0.2) is 29.2 Å². The predicted molar refractivity (Wildman–Crippen MR) is 105 cm³/mol. The van der Waals surface area contributed by atoms with E-state index in [1.807, 2.05) is 0 Å². The van der Waals surface area contributed by atoms with Gasteiger partial charge in [0.1, 0.15) is 0 Å². The quantitative estimate of drug-likeness (QED) is 0.768. The van der Waals surface area contributed by atoms with E-state index >= 15 is 0 Å². The molecular weight excluding hydrogens is 360 g/mol. The first-order chi connectivity index (χ1) is 13.1. The Balaban J connectivity index is 1.58. The minimum absolute atomic E-state index is 0.0114.